The number of carbonyl (C=O) groups is 2. The summed E-state index contributed by atoms with van der Waals surface area (Å²) in [6, 6.07) is 0. The molecule has 14 heavy (non-hydrogen) atoms. The van der Waals surface area contributed by atoms with Crippen molar-refractivity contribution in [3.8, 4) is 0 Å². The largest absolute Gasteiger partial charge is 0.468 e. The number of fused-ring (bicyclic) bond motifs is 1. The first-order valence-corrected chi connectivity index (χ1v) is 5.01. The summed E-state index contributed by atoms with van der Waals surface area (Å²) < 4.78 is 4.84. The van der Waals surface area contributed by atoms with Gasteiger partial charge in [-0.25, -0.2) is 0 Å². The van der Waals surface area contributed by atoms with Crippen LogP contribution in [0.25, 0.3) is 0 Å². The summed E-state index contributed by atoms with van der Waals surface area (Å²) in [5.41, 5.74) is 0.559. The smallest absolute Gasteiger partial charge is 0.315 e. The summed E-state index contributed by atoms with van der Waals surface area (Å²) in [5.74, 6) is -0.00446. The highest BCUT2D eigenvalue weighted by atomic mass is 16.5. The average molecular weight is 194 g/mol. The maximum absolute atomic E-state index is 11.7. The Morgan fingerprint density at radius 3 is 2.93 bits per heavy atom. The van der Waals surface area contributed by atoms with Crippen LogP contribution in [0.5, 0.6) is 0 Å². The van der Waals surface area contributed by atoms with Gasteiger partial charge in [-0.15, -0.1) is 0 Å². The Balaban J connectivity index is 2.37. The molecule has 1 saturated carbocycles. The molecule has 3 heteroatoms. The number of methoxy groups -OCH3 is 1. The second-order valence-corrected chi connectivity index (χ2v) is 4.06. The molecule has 0 aromatic carbocycles. The van der Waals surface area contributed by atoms with Crippen LogP contribution in [-0.4, -0.2) is 18.9 Å². The van der Waals surface area contributed by atoms with Crippen molar-refractivity contribution in [3.63, 3.8) is 0 Å². The fourth-order valence-corrected chi connectivity index (χ4v) is 2.61. The van der Waals surface area contributed by atoms with Crippen molar-refractivity contribution in [3.05, 3.63) is 11.6 Å². The highest BCUT2D eigenvalue weighted by Gasteiger charge is 2.47. The zero-order valence-corrected chi connectivity index (χ0v) is 8.34. The summed E-state index contributed by atoms with van der Waals surface area (Å²) >= 11 is 0. The molecule has 0 saturated heterocycles. The van der Waals surface area contributed by atoms with Gasteiger partial charge in [0.1, 0.15) is 0 Å². The molecule has 2 rings (SSSR count). The molecule has 1 fully saturated rings. The molecule has 76 valence electrons. The Hall–Kier alpha value is -1.12. The highest BCUT2D eigenvalue weighted by Crippen LogP contribution is 2.49. The number of hydrogen-bond acceptors (Lipinski definition) is 3. The second kappa shape index (κ2) is 3.23. The van der Waals surface area contributed by atoms with Gasteiger partial charge in [-0.3, -0.25) is 9.59 Å². The van der Waals surface area contributed by atoms with E-state index < -0.39 is 5.41 Å². The van der Waals surface area contributed by atoms with Gasteiger partial charge in [-0.05, 0) is 37.3 Å². The van der Waals surface area contributed by atoms with Crippen LogP contribution in [0, 0.1) is 5.41 Å². The molecular weight excluding hydrogens is 180 g/mol. The van der Waals surface area contributed by atoms with Gasteiger partial charge in [0.2, 0.25) is 0 Å². The van der Waals surface area contributed by atoms with Crippen molar-refractivity contribution in [1.29, 1.82) is 0 Å². The monoisotopic (exact) mass is 194 g/mol. The lowest BCUT2D eigenvalue weighted by molar-refractivity contribution is -0.151. The fourth-order valence-electron chi connectivity index (χ4n) is 2.61. The number of rotatable bonds is 1. The van der Waals surface area contributed by atoms with Crippen molar-refractivity contribution in [1.82, 2.24) is 0 Å². The lowest BCUT2D eigenvalue weighted by Gasteiger charge is -2.30. The predicted octanol–water partition coefficient (Wildman–Crippen LogP) is 1.62. The molecular formula is C11H14O3. The number of hydrogen-bond donors (Lipinski definition) is 0. The molecule has 0 bridgehead atoms. The van der Waals surface area contributed by atoms with Crippen molar-refractivity contribution in [2.45, 2.75) is 32.1 Å². The lowest BCUT2D eigenvalue weighted by Crippen LogP contribution is -2.34. The number of esters is 1. The van der Waals surface area contributed by atoms with E-state index in [9.17, 15) is 9.59 Å². The Labute approximate surface area is 83.1 Å². The number of allylic oxidation sites excluding steroid dienone is 1. The first-order valence-electron chi connectivity index (χ1n) is 5.01. The van der Waals surface area contributed by atoms with E-state index in [1.807, 2.05) is 0 Å². The molecule has 0 spiro atoms. The van der Waals surface area contributed by atoms with Gasteiger partial charge in [0.15, 0.2) is 5.78 Å². The summed E-state index contributed by atoms with van der Waals surface area (Å²) in [6.07, 6.45) is 5.50. The van der Waals surface area contributed by atoms with Crippen LogP contribution in [0.2, 0.25) is 0 Å². The maximum Gasteiger partial charge on any atom is 0.315 e. The van der Waals surface area contributed by atoms with Crippen LogP contribution in [-0.2, 0) is 14.3 Å². The molecule has 0 radical (unpaired) electrons. The molecule has 0 N–H and O–H groups in total. The van der Waals surface area contributed by atoms with Crippen molar-refractivity contribution in [2.24, 2.45) is 5.41 Å². The van der Waals surface area contributed by atoms with Crippen LogP contribution < -0.4 is 0 Å². The molecule has 0 aromatic heterocycles. The van der Waals surface area contributed by atoms with Crippen LogP contribution in [0.4, 0.5) is 0 Å². The van der Waals surface area contributed by atoms with Crippen molar-refractivity contribution in [2.75, 3.05) is 7.11 Å². The van der Waals surface area contributed by atoms with E-state index in [1.54, 1.807) is 6.08 Å². The Bertz CT molecular complexity index is 316. The summed E-state index contributed by atoms with van der Waals surface area (Å²) in [5, 5.41) is 0. The molecule has 0 unspecified atom stereocenters. The Kier molecular flexibility index (Phi) is 2.17. The van der Waals surface area contributed by atoms with Gasteiger partial charge in [-0.1, -0.05) is 0 Å². The Morgan fingerprint density at radius 1 is 1.43 bits per heavy atom. The SMILES string of the molecule is COC(=O)[C@@]12CCCC1=CC(=O)CC2. The third kappa shape index (κ3) is 1.19. The quantitative estimate of drug-likeness (QED) is 0.596. The van der Waals surface area contributed by atoms with E-state index in [0.717, 1.165) is 24.8 Å². The molecule has 0 aliphatic heterocycles. The van der Waals surface area contributed by atoms with Gasteiger partial charge < -0.3 is 4.74 Å². The van der Waals surface area contributed by atoms with Gasteiger partial charge in [0, 0.05) is 6.42 Å². The summed E-state index contributed by atoms with van der Waals surface area (Å²) in [4.78, 5) is 22.9. The molecule has 2 aliphatic rings. The maximum atomic E-state index is 11.7. The normalized spacial score (nSPS) is 30.9. The first kappa shape index (κ1) is 9.44. The van der Waals surface area contributed by atoms with Gasteiger partial charge in [0.25, 0.3) is 0 Å². The lowest BCUT2D eigenvalue weighted by atomic mass is 9.74. The van der Waals surface area contributed by atoms with Crippen LogP contribution in [0.3, 0.4) is 0 Å². The first-order chi connectivity index (χ1) is 6.69. The zero-order valence-electron chi connectivity index (χ0n) is 8.34. The van der Waals surface area contributed by atoms with E-state index in [0.29, 0.717) is 12.8 Å². The summed E-state index contributed by atoms with van der Waals surface area (Å²) in [7, 11) is 1.42. The van der Waals surface area contributed by atoms with Crippen molar-refractivity contribution < 1.29 is 14.3 Å². The third-order valence-corrected chi connectivity index (χ3v) is 3.37. The van der Waals surface area contributed by atoms with E-state index in [4.69, 9.17) is 4.74 Å². The van der Waals surface area contributed by atoms with Crippen LogP contribution in [0.15, 0.2) is 11.6 Å². The highest BCUT2D eigenvalue weighted by molar-refractivity contribution is 5.95. The molecule has 3 nitrogen and oxygen atoms in total. The number of ether oxygens (including phenoxy) is 1. The van der Waals surface area contributed by atoms with E-state index >= 15 is 0 Å². The molecule has 1 atom stereocenters. The molecule has 2 aliphatic carbocycles. The second-order valence-electron chi connectivity index (χ2n) is 4.06. The van der Waals surface area contributed by atoms with Gasteiger partial charge in [-0.2, -0.15) is 0 Å². The van der Waals surface area contributed by atoms with E-state index in [1.165, 1.54) is 7.11 Å². The van der Waals surface area contributed by atoms with Crippen LogP contribution in [0.1, 0.15) is 32.1 Å². The van der Waals surface area contributed by atoms with Crippen molar-refractivity contribution >= 4 is 11.8 Å². The van der Waals surface area contributed by atoms with E-state index in [-0.39, 0.29) is 11.8 Å². The average Bonchev–Trinajstić information content (AvgIpc) is 2.60. The third-order valence-electron chi connectivity index (χ3n) is 3.37. The minimum atomic E-state index is -0.442. The molecule has 0 aromatic rings. The topological polar surface area (TPSA) is 43.4 Å². The minimum Gasteiger partial charge on any atom is -0.468 e. The molecule has 0 amide bonds. The number of ketones is 1. The summed E-state index contributed by atoms with van der Waals surface area (Å²) in [6.45, 7) is 0. The zero-order chi connectivity index (χ0) is 10.2. The standard InChI is InChI=1S/C11H14O3/c1-14-10(13)11-5-2-3-8(11)7-9(12)4-6-11/h7H,2-6H2,1H3/t11-/m1/s1. The number of carbonyl (C=O) groups excluding carboxylic acids is 2. The minimum absolute atomic E-state index is 0.154. The van der Waals surface area contributed by atoms with E-state index in [2.05, 4.69) is 0 Å². The van der Waals surface area contributed by atoms with Gasteiger partial charge >= 0.3 is 5.97 Å². The molecule has 0 heterocycles. The Morgan fingerprint density at radius 2 is 2.21 bits per heavy atom. The fraction of sp³-hybridized carbons (Fsp3) is 0.636. The van der Waals surface area contributed by atoms with Gasteiger partial charge in [0.05, 0.1) is 12.5 Å². The predicted molar refractivity (Wildman–Crippen MR) is 50.6 cm³/mol. The van der Waals surface area contributed by atoms with Crippen LogP contribution >= 0.6 is 0 Å².